The normalized spacial score (nSPS) is 20.4. The number of rotatable bonds is 5. The lowest BCUT2D eigenvalue weighted by Crippen LogP contribution is -2.45. The first-order chi connectivity index (χ1) is 15.1. The molecular weight excluding hydrogens is 443 g/mol. The number of aliphatic hydroxyl groups is 2. The number of fused-ring (bicyclic) bond motifs is 2. The second kappa shape index (κ2) is 9.80. The fourth-order valence-corrected chi connectivity index (χ4v) is 5.52. The van der Waals surface area contributed by atoms with Gasteiger partial charge in [-0.2, -0.15) is 18.3 Å². The van der Waals surface area contributed by atoms with Gasteiger partial charge in [-0.3, -0.25) is 9.58 Å². The molecule has 32 heavy (non-hydrogen) atoms. The van der Waals surface area contributed by atoms with Crippen LogP contribution in [0.2, 0.25) is 0 Å². The summed E-state index contributed by atoms with van der Waals surface area (Å²) < 4.78 is 47.2. The molecule has 0 bridgehead atoms. The highest BCUT2D eigenvalue weighted by atomic mass is 32.1. The van der Waals surface area contributed by atoms with E-state index in [2.05, 4.69) is 10.00 Å². The van der Waals surface area contributed by atoms with Crippen molar-refractivity contribution in [3.05, 3.63) is 39.3 Å². The molecule has 1 atom stereocenters. The molecule has 1 saturated heterocycles. The van der Waals surface area contributed by atoms with Crippen molar-refractivity contribution in [3.8, 4) is 0 Å². The molecule has 2 aliphatic heterocycles. The summed E-state index contributed by atoms with van der Waals surface area (Å²) in [4.78, 5) is 2.46. The van der Waals surface area contributed by atoms with Gasteiger partial charge in [0.05, 0.1) is 26.0 Å². The quantitative estimate of drug-likeness (QED) is 0.689. The van der Waals surface area contributed by atoms with Gasteiger partial charge in [0, 0.05) is 36.3 Å². The van der Waals surface area contributed by atoms with Gasteiger partial charge >= 0.3 is 6.18 Å². The molecule has 2 aliphatic rings. The topological polar surface area (TPSA) is 70.8 Å². The van der Waals surface area contributed by atoms with Crippen molar-refractivity contribution in [2.45, 2.75) is 70.5 Å². The van der Waals surface area contributed by atoms with E-state index in [0.717, 1.165) is 40.4 Å². The van der Waals surface area contributed by atoms with E-state index in [0.29, 0.717) is 32.4 Å². The number of ether oxygens (including phenoxy) is 1. The van der Waals surface area contributed by atoms with E-state index in [1.807, 2.05) is 20.0 Å². The molecule has 2 aromatic heterocycles. The minimum atomic E-state index is -4.31. The number of piperidine rings is 1. The van der Waals surface area contributed by atoms with Crippen molar-refractivity contribution in [3.63, 3.8) is 0 Å². The van der Waals surface area contributed by atoms with Crippen LogP contribution in [-0.4, -0.2) is 56.8 Å². The third-order valence-electron chi connectivity index (χ3n) is 5.85. The van der Waals surface area contributed by atoms with Crippen molar-refractivity contribution < 1.29 is 28.1 Å². The monoisotopic (exact) mass is 475 g/mol. The van der Waals surface area contributed by atoms with E-state index in [9.17, 15) is 23.4 Å². The molecular formula is C22H32F3N3O3S. The summed E-state index contributed by atoms with van der Waals surface area (Å²) in [6, 6.07) is 1.30. The average molecular weight is 476 g/mol. The van der Waals surface area contributed by atoms with Crippen LogP contribution in [0.1, 0.15) is 54.5 Å². The predicted molar refractivity (Wildman–Crippen MR) is 116 cm³/mol. The Labute approximate surface area is 190 Å². The minimum absolute atomic E-state index is 0.198. The Morgan fingerprint density at radius 1 is 1.25 bits per heavy atom. The van der Waals surface area contributed by atoms with Gasteiger partial charge in [0.2, 0.25) is 0 Å². The highest BCUT2D eigenvalue weighted by Crippen LogP contribution is 2.48. The zero-order valence-corrected chi connectivity index (χ0v) is 19.6. The van der Waals surface area contributed by atoms with Gasteiger partial charge in [0.15, 0.2) is 0 Å². The van der Waals surface area contributed by atoms with Crippen LogP contribution in [0.5, 0.6) is 0 Å². The number of likely N-dealkylation sites (tertiary alicyclic amines) is 1. The third-order valence-corrected chi connectivity index (χ3v) is 7.26. The summed E-state index contributed by atoms with van der Waals surface area (Å²) in [6.07, 6.45) is 1.12. The fraction of sp³-hybridized carbons (Fsp3) is 0.682. The van der Waals surface area contributed by atoms with Crippen molar-refractivity contribution in [1.29, 1.82) is 0 Å². The molecule has 2 N–H and O–H groups in total. The van der Waals surface area contributed by atoms with Crippen molar-refractivity contribution >= 4 is 11.3 Å². The lowest BCUT2D eigenvalue weighted by atomic mass is 9.85. The first-order valence-corrected chi connectivity index (χ1v) is 11.8. The predicted octanol–water partition coefficient (Wildman–Crippen LogP) is 3.80. The van der Waals surface area contributed by atoms with Gasteiger partial charge in [-0.25, -0.2) is 0 Å². The Bertz CT molecular complexity index is 887. The first-order valence-electron chi connectivity index (χ1n) is 11.0. The molecule has 0 amide bonds. The Morgan fingerprint density at radius 3 is 2.56 bits per heavy atom. The van der Waals surface area contributed by atoms with Gasteiger partial charge in [-0.05, 0) is 37.8 Å². The van der Waals surface area contributed by atoms with Gasteiger partial charge in [-0.1, -0.05) is 13.8 Å². The van der Waals surface area contributed by atoms with Crippen molar-refractivity contribution in [1.82, 2.24) is 14.7 Å². The van der Waals surface area contributed by atoms with Gasteiger partial charge in [0.1, 0.15) is 16.1 Å². The van der Waals surface area contributed by atoms with Crippen LogP contribution in [-0.2, 0) is 36.0 Å². The minimum Gasteiger partial charge on any atom is -0.393 e. The molecule has 1 spiro atoms. The number of alkyl halides is 3. The summed E-state index contributed by atoms with van der Waals surface area (Å²) in [5, 5.41) is 23.4. The van der Waals surface area contributed by atoms with Gasteiger partial charge in [0.25, 0.3) is 0 Å². The highest BCUT2D eigenvalue weighted by Gasteiger charge is 2.45. The smallest absolute Gasteiger partial charge is 0.393 e. The molecule has 0 radical (unpaired) electrons. The van der Waals surface area contributed by atoms with Crippen LogP contribution in [0, 0.1) is 0 Å². The SMILES string of the molecule is CC.CC(O)(CO)Cn1cc(CN2CCC3(CC2)OCCc2cc(C(F)(F)F)sc23)cn1. The maximum Gasteiger partial charge on any atom is 0.425 e. The molecule has 0 aromatic carbocycles. The van der Waals surface area contributed by atoms with Gasteiger partial charge in [-0.15, -0.1) is 11.3 Å². The Morgan fingerprint density at radius 2 is 1.94 bits per heavy atom. The van der Waals surface area contributed by atoms with Gasteiger partial charge < -0.3 is 14.9 Å². The lowest BCUT2D eigenvalue weighted by Gasteiger charge is -2.43. The number of hydrogen-bond donors (Lipinski definition) is 2. The summed E-state index contributed by atoms with van der Waals surface area (Å²) in [5.41, 5.74) is -0.0700. The van der Waals surface area contributed by atoms with Crippen LogP contribution >= 0.6 is 11.3 Å². The van der Waals surface area contributed by atoms with Crippen molar-refractivity contribution in [2.75, 3.05) is 26.3 Å². The molecule has 4 rings (SSSR count). The lowest BCUT2D eigenvalue weighted by molar-refractivity contribution is -0.134. The van der Waals surface area contributed by atoms with Crippen LogP contribution in [0.3, 0.4) is 0 Å². The van der Waals surface area contributed by atoms with E-state index < -0.39 is 22.3 Å². The first kappa shape index (κ1) is 25.2. The zero-order chi connectivity index (χ0) is 23.6. The molecule has 1 fully saturated rings. The number of halogens is 3. The van der Waals surface area contributed by atoms with Crippen LogP contribution in [0.4, 0.5) is 13.2 Å². The Kier molecular flexibility index (Phi) is 7.71. The maximum atomic E-state index is 13.2. The maximum absolute atomic E-state index is 13.2. The van der Waals surface area contributed by atoms with E-state index >= 15 is 0 Å². The van der Waals surface area contributed by atoms with E-state index in [1.54, 1.807) is 17.8 Å². The number of aliphatic hydroxyl groups excluding tert-OH is 1. The second-order valence-corrected chi connectivity index (χ2v) is 9.59. The summed E-state index contributed by atoms with van der Waals surface area (Å²) in [7, 11) is 0. The fourth-order valence-electron chi connectivity index (χ4n) is 4.24. The average Bonchev–Trinajstić information content (AvgIpc) is 3.39. The molecule has 4 heterocycles. The molecule has 0 aliphatic carbocycles. The van der Waals surface area contributed by atoms with Crippen molar-refractivity contribution in [2.24, 2.45) is 0 Å². The summed E-state index contributed by atoms with van der Waals surface area (Å²) in [6.45, 7) is 7.96. The third kappa shape index (κ3) is 5.53. The molecule has 2 aromatic rings. The molecule has 0 saturated carbocycles. The van der Waals surface area contributed by atoms with E-state index in [4.69, 9.17) is 4.74 Å². The Balaban J connectivity index is 0.00000141. The number of nitrogens with zero attached hydrogens (tertiary/aromatic N) is 3. The standard InChI is InChI=1S/C20H26F3N3O3S.C2H6/c1-18(28,13-27)12-26-11-14(9-24-26)10-25-5-3-19(4-6-25)17-15(2-7-29-19)8-16(30-17)20(21,22)23;1-2/h8-9,11,27-28H,2-7,10,12-13H2,1H3;1-2H3. The van der Waals surface area contributed by atoms with Crippen LogP contribution < -0.4 is 0 Å². The molecule has 10 heteroatoms. The van der Waals surface area contributed by atoms with Crippen LogP contribution in [0.25, 0.3) is 0 Å². The zero-order valence-electron chi connectivity index (χ0n) is 18.8. The molecule has 180 valence electrons. The van der Waals surface area contributed by atoms with E-state index in [1.165, 1.54) is 6.07 Å². The summed E-state index contributed by atoms with van der Waals surface area (Å²) >= 11 is 0.838. The molecule has 1 unspecified atom stereocenters. The largest absolute Gasteiger partial charge is 0.425 e. The number of thiophene rings is 1. The Hall–Kier alpha value is -1.46. The second-order valence-electron chi connectivity index (χ2n) is 8.53. The number of hydrogen-bond acceptors (Lipinski definition) is 6. The number of aromatic nitrogens is 2. The van der Waals surface area contributed by atoms with E-state index in [-0.39, 0.29) is 13.2 Å². The summed E-state index contributed by atoms with van der Waals surface area (Å²) in [5.74, 6) is 0. The highest BCUT2D eigenvalue weighted by molar-refractivity contribution is 7.12. The molecule has 6 nitrogen and oxygen atoms in total. The van der Waals surface area contributed by atoms with Crippen LogP contribution in [0.15, 0.2) is 18.5 Å².